The van der Waals surface area contributed by atoms with Gasteiger partial charge in [-0.05, 0) is 64.4 Å². The van der Waals surface area contributed by atoms with E-state index in [2.05, 4.69) is 146 Å². The second-order valence-corrected chi connectivity index (χ2v) is 15.7. The van der Waals surface area contributed by atoms with Gasteiger partial charge in [0.2, 0.25) is 0 Å². The van der Waals surface area contributed by atoms with E-state index in [1.807, 2.05) is 48.5 Å². The molecule has 9 aromatic carbocycles. The molecular weight excluding hydrogens is 761 g/mol. The Morgan fingerprint density at radius 1 is 0.306 bits per heavy atom. The lowest BCUT2D eigenvalue weighted by atomic mass is 9.96. The third kappa shape index (κ3) is 5.37. The van der Waals surface area contributed by atoms with Crippen LogP contribution < -0.4 is 0 Å². The van der Waals surface area contributed by atoms with Gasteiger partial charge in [-0.15, -0.1) is 0 Å². The number of furan rings is 2. The summed E-state index contributed by atoms with van der Waals surface area (Å²) in [5.74, 6) is 1.60. The quantitative estimate of drug-likeness (QED) is 0.162. The molecule has 13 aromatic rings. The van der Waals surface area contributed by atoms with Crippen molar-refractivity contribution in [3.05, 3.63) is 194 Å². The first kappa shape index (κ1) is 34.4. The monoisotopic (exact) mass is 792 g/mol. The maximum absolute atomic E-state index is 7.15. The number of hydrogen-bond acceptors (Lipinski definition) is 6. The number of hydrogen-bond donors (Lipinski definition) is 0. The fourth-order valence-electron chi connectivity index (χ4n) is 9.18. The summed E-state index contributed by atoms with van der Waals surface area (Å²) in [5.41, 5.74) is 10.6. The van der Waals surface area contributed by atoms with Crippen LogP contribution in [0.5, 0.6) is 0 Å². The van der Waals surface area contributed by atoms with Crippen LogP contribution in [0, 0.1) is 0 Å². The van der Waals surface area contributed by atoms with E-state index in [1.54, 1.807) is 0 Å². The number of para-hydroxylation sites is 3. The predicted molar refractivity (Wildman–Crippen MR) is 252 cm³/mol. The van der Waals surface area contributed by atoms with Crippen molar-refractivity contribution in [1.82, 2.24) is 19.9 Å². The lowest BCUT2D eigenvalue weighted by molar-refractivity contribution is 0.669. The van der Waals surface area contributed by atoms with Gasteiger partial charge in [0.15, 0.2) is 17.5 Å². The summed E-state index contributed by atoms with van der Waals surface area (Å²) in [6, 6.07) is 66.8. The molecule has 0 aliphatic carbocycles. The molecule has 0 amide bonds. The van der Waals surface area contributed by atoms with Crippen molar-refractivity contribution in [2.75, 3.05) is 0 Å². The van der Waals surface area contributed by atoms with Gasteiger partial charge in [-0.1, -0.05) is 152 Å². The molecule has 4 aromatic heterocycles. The highest BCUT2D eigenvalue weighted by Gasteiger charge is 2.22. The normalized spacial score (nSPS) is 11.9. The molecule has 288 valence electrons. The van der Waals surface area contributed by atoms with Crippen molar-refractivity contribution in [1.29, 1.82) is 0 Å². The molecule has 0 atom stereocenters. The van der Waals surface area contributed by atoms with Gasteiger partial charge < -0.3 is 8.83 Å². The zero-order valence-corrected chi connectivity index (χ0v) is 33.1. The van der Waals surface area contributed by atoms with Crippen LogP contribution in [-0.2, 0) is 0 Å². The molecule has 13 rings (SSSR count). The Bertz CT molecular complexity index is 3940. The molecule has 0 bridgehead atoms. The Balaban J connectivity index is 1.06. The van der Waals surface area contributed by atoms with Crippen molar-refractivity contribution in [2.24, 2.45) is 0 Å². The van der Waals surface area contributed by atoms with Gasteiger partial charge in [0.25, 0.3) is 0 Å². The number of pyridine rings is 1. The molecule has 0 saturated heterocycles. The summed E-state index contributed by atoms with van der Waals surface area (Å²) in [7, 11) is 0. The summed E-state index contributed by atoms with van der Waals surface area (Å²) < 4.78 is 13.5. The highest BCUT2D eigenvalue weighted by molar-refractivity contribution is 6.25. The molecule has 0 fully saturated rings. The summed E-state index contributed by atoms with van der Waals surface area (Å²) in [6.45, 7) is 0. The van der Waals surface area contributed by atoms with Crippen LogP contribution in [0.3, 0.4) is 0 Å². The minimum absolute atomic E-state index is 0.509. The Morgan fingerprint density at radius 3 is 1.84 bits per heavy atom. The SMILES string of the molecule is c1ccc(-c2ccccc2-c2nc(-c3ccc4c(c3)oc3ccccc34)nc(-c3cccc4c3oc3c4ccc4c(-c5ccc6ccccc6c5)nc5ccccc5c43)n2)cc1. The molecule has 0 unspecified atom stereocenters. The van der Waals surface area contributed by atoms with Crippen LogP contribution in [0.2, 0.25) is 0 Å². The maximum atomic E-state index is 7.15. The van der Waals surface area contributed by atoms with E-state index in [1.165, 1.54) is 10.8 Å². The molecule has 0 N–H and O–H groups in total. The summed E-state index contributed by atoms with van der Waals surface area (Å²) in [4.78, 5) is 21.0. The molecule has 0 aliphatic heterocycles. The molecule has 0 spiro atoms. The first-order chi connectivity index (χ1) is 30.7. The molecule has 0 aliphatic rings. The Kier molecular flexibility index (Phi) is 7.50. The average Bonchev–Trinajstić information content (AvgIpc) is 3.92. The second-order valence-electron chi connectivity index (χ2n) is 15.7. The average molecular weight is 793 g/mol. The number of nitrogens with zero attached hydrogens (tertiary/aromatic N) is 4. The van der Waals surface area contributed by atoms with Gasteiger partial charge in [0, 0.05) is 54.4 Å². The van der Waals surface area contributed by atoms with Crippen molar-refractivity contribution in [2.45, 2.75) is 0 Å². The van der Waals surface area contributed by atoms with Gasteiger partial charge in [0.1, 0.15) is 22.3 Å². The first-order valence-corrected chi connectivity index (χ1v) is 20.7. The van der Waals surface area contributed by atoms with E-state index >= 15 is 0 Å². The van der Waals surface area contributed by atoms with Crippen molar-refractivity contribution < 1.29 is 8.83 Å². The Morgan fingerprint density at radius 2 is 0.935 bits per heavy atom. The number of rotatable bonds is 5. The van der Waals surface area contributed by atoms with E-state index in [4.69, 9.17) is 28.8 Å². The summed E-state index contributed by atoms with van der Waals surface area (Å²) in [6.07, 6.45) is 0. The second kappa shape index (κ2) is 13.5. The minimum atomic E-state index is 0.509. The highest BCUT2D eigenvalue weighted by Crippen LogP contribution is 2.43. The minimum Gasteiger partial charge on any atom is -0.456 e. The van der Waals surface area contributed by atoms with Crippen molar-refractivity contribution >= 4 is 76.3 Å². The van der Waals surface area contributed by atoms with Crippen LogP contribution in [0.25, 0.3) is 133 Å². The molecular formula is C56H32N4O2. The van der Waals surface area contributed by atoms with Crippen molar-refractivity contribution in [3.63, 3.8) is 0 Å². The van der Waals surface area contributed by atoms with Crippen LogP contribution in [0.1, 0.15) is 0 Å². The summed E-state index contributed by atoms with van der Waals surface area (Å²) in [5, 5.41) is 9.53. The van der Waals surface area contributed by atoms with Gasteiger partial charge in [-0.25, -0.2) is 19.9 Å². The van der Waals surface area contributed by atoms with E-state index in [0.717, 1.165) is 99.0 Å². The number of fused-ring (bicyclic) bond motifs is 11. The van der Waals surface area contributed by atoms with Gasteiger partial charge in [-0.3, -0.25) is 0 Å². The highest BCUT2D eigenvalue weighted by atomic mass is 16.3. The number of aromatic nitrogens is 4. The van der Waals surface area contributed by atoms with Crippen LogP contribution >= 0.6 is 0 Å². The Hall–Kier alpha value is -8.48. The van der Waals surface area contributed by atoms with E-state index in [9.17, 15) is 0 Å². The molecule has 6 heteroatoms. The standard InChI is InChI=1S/C56H32N4O2/c1-2-14-34(15-3-1)38-17-6-7-19-43(38)55-58-54(37-27-28-40-39-18-9-11-24-48(39)61-49(40)32-37)59-56(60-55)46-22-12-21-41-42-29-30-45-50(53(42)62-52(41)46)44-20-8-10-23-47(44)57-51(45)36-26-25-33-13-4-5-16-35(33)31-36/h1-32H. The third-order valence-electron chi connectivity index (χ3n) is 12.1. The van der Waals surface area contributed by atoms with E-state index in [0.29, 0.717) is 23.1 Å². The lowest BCUT2D eigenvalue weighted by Crippen LogP contribution is -2.01. The zero-order chi connectivity index (χ0) is 40.7. The Labute approximate surface area is 354 Å². The van der Waals surface area contributed by atoms with Crippen LogP contribution in [0.15, 0.2) is 203 Å². The van der Waals surface area contributed by atoms with Gasteiger partial charge >= 0.3 is 0 Å². The van der Waals surface area contributed by atoms with Gasteiger partial charge in [0.05, 0.1) is 16.8 Å². The zero-order valence-electron chi connectivity index (χ0n) is 33.1. The van der Waals surface area contributed by atoms with Crippen molar-refractivity contribution in [3.8, 4) is 56.5 Å². The fraction of sp³-hybridized carbons (Fsp3) is 0. The number of benzene rings is 9. The van der Waals surface area contributed by atoms with Gasteiger partial charge in [-0.2, -0.15) is 0 Å². The molecule has 0 radical (unpaired) electrons. The van der Waals surface area contributed by atoms with Crippen LogP contribution in [0.4, 0.5) is 0 Å². The largest absolute Gasteiger partial charge is 0.456 e. The smallest absolute Gasteiger partial charge is 0.167 e. The van der Waals surface area contributed by atoms with Crippen LogP contribution in [-0.4, -0.2) is 19.9 Å². The lowest BCUT2D eigenvalue weighted by Gasteiger charge is -2.12. The summed E-state index contributed by atoms with van der Waals surface area (Å²) >= 11 is 0. The third-order valence-corrected chi connectivity index (χ3v) is 12.1. The molecule has 4 heterocycles. The first-order valence-electron chi connectivity index (χ1n) is 20.7. The molecule has 6 nitrogen and oxygen atoms in total. The topological polar surface area (TPSA) is 77.8 Å². The predicted octanol–water partition coefficient (Wildman–Crippen LogP) is 14.9. The fourth-order valence-corrected chi connectivity index (χ4v) is 9.18. The molecule has 0 saturated carbocycles. The van der Waals surface area contributed by atoms with E-state index < -0.39 is 0 Å². The molecule has 62 heavy (non-hydrogen) atoms. The maximum Gasteiger partial charge on any atom is 0.167 e. The van der Waals surface area contributed by atoms with E-state index in [-0.39, 0.29) is 0 Å².